The van der Waals surface area contributed by atoms with Crippen LogP contribution in [0.15, 0.2) is 30.5 Å². The number of nitro groups is 1. The molecule has 1 N–H and O–H groups in total. The number of methoxy groups -OCH3 is 1. The normalized spacial score (nSPS) is 12.3. The summed E-state index contributed by atoms with van der Waals surface area (Å²) >= 11 is 0. The maximum atomic E-state index is 11.0. The number of hydrogen-bond donors (Lipinski definition) is 1. The van der Waals surface area contributed by atoms with Crippen LogP contribution in [0.4, 0.5) is 11.4 Å². The number of rotatable bonds is 5. The van der Waals surface area contributed by atoms with E-state index in [0.29, 0.717) is 12.1 Å². The monoisotopic (exact) mass is 261 g/mol. The van der Waals surface area contributed by atoms with Gasteiger partial charge in [0.15, 0.2) is 0 Å². The second kappa shape index (κ2) is 5.62. The van der Waals surface area contributed by atoms with E-state index in [0.717, 1.165) is 11.1 Å². The molecule has 100 valence electrons. The first kappa shape index (κ1) is 13.2. The largest absolute Gasteiger partial charge is 0.382 e. The standard InChI is InChI=1S/C13H15N3O3/c1-9(19-2)8-15-11-6-7-14-13-10(11)4-3-5-12(13)16(17)18/h3-7,9H,8H2,1-2H3,(H,14,15). The highest BCUT2D eigenvalue weighted by atomic mass is 16.6. The quantitative estimate of drug-likeness (QED) is 0.661. The van der Waals surface area contributed by atoms with E-state index in [1.807, 2.05) is 13.0 Å². The molecule has 0 aliphatic heterocycles. The minimum absolute atomic E-state index is 0.0148. The summed E-state index contributed by atoms with van der Waals surface area (Å²) in [5.74, 6) is 0. The second-order valence-electron chi connectivity index (χ2n) is 4.22. The minimum atomic E-state index is -0.420. The van der Waals surface area contributed by atoms with Crippen molar-refractivity contribution in [2.45, 2.75) is 13.0 Å². The van der Waals surface area contributed by atoms with Gasteiger partial charge in [0.05, 0.1) is 11.0 Å². The molecule has 0 bridgehead atoms. The van der Waals surface area contributed by atoms with Crippen molar-refractivity contribution in [1.82, 2.24) is 4.98 Å². The molecule has 0 aliphatic carbocycles. The van der Waals surface area contributed by atoms with Gasteiger partial charge in [-0.05, 0) is 13.0 Å². The topological polar surface area (TPSA) is 77.3 Å². The lowest BCUT2D eigenvalue weighted by Crippen LogP contribution is -2.18. The summed E-state index contributed by atoms with van der Waals surface area (Å²) in [6, 6.07) is 6.73. The molecule has 0 saturated carbocycles. The summed E-state index contributed by atoms with van der Waals surface area (Å²) in [5.41, 5.74) is 1.22. The smallest absolute Gasteiger partial charge is 0.295 e. The Morgan fingerprint density at radius 3 is 2.95 bits per heavy atom. The number of nitrogens with one attached hydrogen (secondary N) is 1. The number of ether oxygens (including phenoxy) is 1. The number of para-hydroxylation sites is 1. The van der Waals surface area contributed by atoms with Crippen molar-refractivity contribution in [3.05, 3.63) is 40.6 Å². The van der Waals surface area contributed by atoms with Crippen LogP contribution < -0.4 is 5.32 Å². The van der Waals surface area contributed by atoms with Crippen molar-refractivity contribution in [1.29, 1.82) is 0 Å². The Labute approximate surface area is 110 Å². The Hall–Kier alpha value is -2.21. The lowest BCUT2D eigenvalue weighted by molar-refractivity contribution is -0.383. The third-order valence-corrected chi connectivity index (χ3v) is 2.93. The zero-order valence-corrected chi connectivity index (χ0v) is 10.8. The first-order valence-electron chi connectivity index (χ1n) is 5.92. The number of non-ortho nitro benzene ring substituents is 1. The predicted molar refractivity (Wildman–Crippen MR) is 73.4 cm³/mol. The summed E-state index contributed by atoms with van der Waals surface area (Å²) < 4.78 is 5.16. The van der Waals surface area contributed by atoms with Crippen LogP contribution in [0.2, 0.25) is 0 Å². The average molecular weight is 261 g/mol. The first-order valence-corrected chi connectivity index (χ1v) is 5.92. The predicted octanol–water partition coefficient (Wildman–Crippen LogP) is 2.59. The molecule has 1 unspecified atom stereocenters. The fourth-order valence-electron chi connectivity index (χ4n) is 1.80. The van der Waals surface area contributed by atoms with Crippen LogP contribution in [0.3, 0.4) is 0 Å². The van der Waals surface area contributed by atoms with Gasteiger partial charge in [-0.15, -0.1) is 0 Å². The Bertz CT molecular complexity index is 601. The van der Waals surface area contributed by atoms with E-state index < -0.39 is 4.92 Å². The molecule has 2 rings (SSSR count). The zero-order valence-electron chi connectivity index (χ0n) is 10.8. The van der Waals surface area contributed by atoms with Crippen LogP contribution in [0.1, 0.15) is 6.92 Å². The van der Waals surface area contributed by atoms with E-state index in [9.17, 15) is 10.1 Å². The van der Waals surface area contributed by atoms with Crippen LogP contribution in [-0.4, -0.2) is 29.7 Å². The second-order valence-corrected chi connectivity index (χ2v) is 4.22. The summed E-state index contributed by atoms with van der Waals surface area (Å²) in [7, 11) is 1.64. The van der Waals surface area contributed by atoms with Gasteiger partial charge in [0.25, 0.3) is 5.69 Å². The number of nitrogens with zero attached hydrogens (tertiary/aromatic N) is 2. The lowest BCUT2D eigenvalue weighted by atomic mass is 10.1. The molecule has 0 radical (unpaired) electrons. The van der Waals surface area contributed by atoms with Crippen LogP contribution in [0.5, 0.6) is 0 Å². The van der Waals surface area contributed by atoms with Gasteiger partial charge < -0.3 is 10.1 Å². The van der Waals surface area contributed by atoms with Crippen molar-refractivity contribution >= 4 is 22.3 Å². The fraction of sp³-hybridized carbons (Fsp3) is 0.308. The third kappa shape index (κ3) is 2.79. The number of benzene rings is 1. The summed E-state index contributed by atoms with van der Waals surface area (Å²) in [6.45, 7) is 2.57. The molecule has 2 aromatic rings. The van der Waals surface area contributed by atoms with Crippen molar-refractivity contribution in [2.75, 3.05) is 19.0 Å². The van der Waals surface area contributed by atoms with E-state index in [1.165, 1.54) is 6.07 Å². The molecule has 0 spiro atoms. The molecule has 1 aromatic heterocycles. The minimum Gasteiger partial charge on any atom is -0.382 e. The van der Waals surface area contributed by atoms with Crippen molar-refractivity contribution in [3.63, 3.8) is 0 Å². The van der Waals surface area contributed by atoms with E-state index in [-0.39, 0.29) is 11.8 Å². The Morgan fingerprint density at radius 2 is 2.26 bits per heavy atom. The molecule has 0 fully saturated rings. The van der Waals surface area contributed by atoms with Crippen molar-refractivity contribution in [2.24, 2.45) is 0 Å². The van der Waals surface area contributed by atoms with Gasteiger partial charge in [0.1, 0.15) is 5.52 Å². The highest BCUT2D eigenvalue weighted by Gasteiger charge is 2.14. The zero-order chi connectivity index (χ0) is 13.8. The molecular formula is C13H15N3O3. The van der Waals surface area contributed by atoms with E-state index in [4.69, 9.17) is 4.74 Å². The molecular weight excluding hydrogens is 246 g/mol. The van der Waals surface area contributed by atoms with E-state index in [1.54, 1.807) is 25.4 Å². The van der Waals surface area contributed by atoms with Gasteiger partial charge >= 0.3 is 0 Å². The lowest BCUT2D eigenvalue weighted by Gasteiger charge is -2.13. The molecule has 0 amide bonds. The highest BCUT2D eigenvalue weighted by Crippen LogP contribution is 2.28. The van der Waals surface area contributed by atoms with E-state index in [2.05, 4.69) is 10.3 Å². The van der Waals surface area contributed by atoms with Gasteiger partial charge in [-0.3, -0.25) is 10.1 Å². The molecule has 1 heterocycles. The molecule has 1 atom stereocenters. The van der Waals surface area contributed by atoms with Gasteiger partial charge in [-0.1, -0.05) is 12.1 Å². The van der Waals surface area contributed by atoms with Gasteiger partial charge in [-0.25, -0.2) is 4.98 Å². The van der Waals surface area contributed by atoms with Crippen LogP contribution in [-0.2, 0) is 4.74 Å². The van der Waals surface area contributed by atoms with E-state index >= 15 is 0 Å². The highest BCUT2D eigenvalue weighted by molar-refractivity contribution is 5.96. The van der Waals surface area contributed by atoms with Gasteiger partial charge in [0.2, 0.25) is 0 Å². The number of aromatic nitrogens is 1. The molecule has 1 aromatic carbocycles. The Morgan fingerprint density at radius 1 is 1.47 bits per heavy atom. The van der Waals surface area contributed by atoms with Crippen molar-refractivity contribution in [3.8, 4) is 0 Å². The van der Waals surface area contributed by atoms with Gasteiger partial charge in [-0.2, -0.15) is 0 Å². The van der Waals surface area contributed by atoms with Crippen LogP contribution in [0, 0.1) is 10.1 Å². The average Bonchev–Trinajstić information content (AvgIpc) is 2.43. The Balaban J connectivity index is 2.40. The number of pyridine rings is 1. The summed E-state index contributed by atoms with van der Waals surface area (Å²) in [6.07, 6.45) is 1.62. The SMILES string of the molecule is COC(C)CNc1ccnc2c([N+](=O)[O-])cccc12. The number of nitro benzene ring substituents is 1. The molecule has 0 aliphatic rings. The van der Waals surface area contributed by atoms with Crippen molar-refractivity contribution < 1.29 is 9.66 Å². The number of fused-ring (bicyclic) bond motifs is 1. The van der Waals surface area contributed by atoms with Crippen LogP contribution >= 0.6 is 0 Å². The Kier molecular flexibility index (Phi) is 3.91. The summed E-state index contributed by atoms with van der Waals surface area (Å²) in [4.78, 5) is 14.6. The molecule has 0 saturated heterocycles. The molecule has 6 heteroatoms. The molecule has 19 heavy (non-hydrogen) atoms. The summed E-state index contributed by atoms with van der Waals surface area (Å²) in [5, 5.41) is 14.9. The van der Waals surface area contributed by atoms with Gasteiger partial charge in [0, 0.05) is 37.0 Å². The third-order valence-electron chi connectivity index (χ3n) is 2.93. The fourth-order valence-corrected chi connectivity index (χ4v) is 1.80. The number of anilines is 1. The number of hydrogen-bond acceptors (Lipinski definition) is 5. The first-order chi connectivity index (χ1) is 9.13. The van der Waals surface area contributed by atoms with Crippen LogP contribution in [0.25, 0.3) is 10.9 Å². The maximum absolute atomic E-state index is 11.0. The molecule has 6 nitrogen and oxygen atoms in total. The maximum Gasteiger partial charge on any atom is 0.295 e.